The first-order valence-corrected chi connectivity index (χ1v) is 15.6. The molecule has 3 aliphatic rings. The van der Waals surface area contributed by atoms with Gasteiger partial charge in [-0.3, -0.25) is 9.59 Å². The van der Waals surface area contributed by atoms with Crippen molar-refractivity contribution in [2.75, 3.05) is 19.4 Å². The van der Waals surface area contributed by atoms with Gasteiger partial charge in [0.1, 0.15) is 23.1 Å². The minimum Gasteiger partial charge on any atom is -0.497 e. The Balaban J connectivity index is 0.00000212. The van der Waals surface area contributed by atoms with E-state index >= 15 is 0 Å². The van der Waals surface area contributed by atoms with E-state index in [1.165, 1.54) is 0 Å². The Morgan fingerprint density at radius 1 is 1.14 bits per heavy atom. The van der Waals surface area contributed by atoms with Crippen molar-refractivity contribution in [3.63, 3.8) is 0 Å². The molecule has 12 heteroatoms. The van der Waals surface area contributed by atoms with Gasteiger partial charge in [-0.25, -0.2) is 13.4 Å². The van der Waals surface area contributed by atoms with E-state index in [1.807, 2.05) is 54.6 Å². The summed E-state index contributed by atoms with van der Waals surface area (Å²) in [4.78, 5) is 31.2. The van der Waals surface area contributed by atoms with Crippen molar-refractivity contribution in [1.29, 1.82) is 0 Å². The summed E-state index contributed by atoms with van der Waals surface area (Å²) in [7, 11) is -1.87. The maximum Gasteiger partial charge on any atom is 0.238 e. The Morgan fingerprint density at radius 3 is 2.51 bits per heavy atom. The second-order valence-corrected chi connectivity index (χ2v) is 13.4. The van der Waals surface area contributed by atoms with Crippen LogP contribution in [0.2, 0.25) is 0 Å². The molecule has 43 heavy (non-hydrogen) atoms. The number of fused-ring (bicyclic) bond motifs is 1. The summed E-state index contributed by atoms with van der Waals surface area (Å²) in [5.74, 6) is -0.395. The molecule has 0 spiro atoms. The number of benzene rings is 2. The number of carbonyl (C=O) groups is 2. The van der Waals surface area contributed by atoms with E-state index in [2.05, 4.69) is 17.2 Å². The first-order valence-electron chi connectivity index (χ1n) is 13.9. The van der Waals surface area contributed by atoms with Gasteiger partial charge in [-0.2, -0.15) is 0 Å². The second-order valence-electron chi connectivity index (χ2n) is 11.1. The monoisotopic (exact) mass is 647 g/mol. The Kier molecular flexibility index (Phi) is 9.76. The minimum absolute atomic E-state index is 0. The molecule has 0 bridgehead atoms. The smallest absolute Gasteiger partial charge is 0.238 e. The van der Waals surface area contributed by atoms with Crippen LogP contribution >= 0.6 is 24.8 Å². The van der Waals surface area contributed by atoms with Crippen LogP contribution in [0.25, 0.3) is 22.0 Å². The average molecular weight is 649 g/mol. The van der Waals surface area contributed by atoms with Gasteiger partial charge in [-0.1, -0.05) is 24.3 Å². The standard InChI is InChI=1S/C31H33N3O6S.2ClH/c1-3-21-16-31(21,28(35)18-41(37,38)24-12-13-24)34-29(36)27-15-23(17-32-27)40-30-25-7-5-4-6-20(25)14-26(33-30)19-8-10-22(39-2)11-9-19;;/h3-11,14,21,23-24,27,32H,1,12-13,15-18H2,2H3,(H,34,36);2*1H/t21-,23-,27+,31-;;/m1../s1. The SMILES string of the molecule is C=C[C@@H]1C[C@]1(NC(=O)[C@@H]1C[C@@H](Oc2nc(-c3ccc(OC)cc3)cc3ccccc23)CN1)C(=O)CS(=O)(=O)C1CC1.Cl.Cl. The summed E-state index contributed by atoms with van der Waals surface area (Å²) in [6.45, 7) is 4.19. The first kappa shape index (κ1) is 32.7. The lowest BCUT2D eigenvalue weighted by molar-refractivity contribution is -0.129. The first-order chi connectivity index (χ1) is 19.7. The normalized spacial score (nSPS) is 24.3. The molecule has 1 saturated heterocycles. The number of Topliss-reactive ketones (excluding diaryl/α,β-unsaturated/α-hetero) is 1. The van der Waals surface area contributed by atoms with Crippen molar-refractivity contribution < 1.29 is 27.5 Å². The fourth-order valence-corrected chi connectivity index (χ4v) is 7.30. The highest BCUT2D eigenvalue weighted by molar-refractivity contribution is 7.93. The van der Waals surface area contributed by atoms with Crippen molar-refractivity contribution in [3.8, 4) is 22.9 Å². The highest BCUT2D eigenvalue weighted by Crippen LogP contribution is 2.46. The lowest BCUT2D eigenvalue weighted by Crippen LogP contribution is -2.52. The maximum absolute atomic E-state index is 13.3. The highest BCUT2D eigenvalue weighted by Gasteiger charge is 2.60. The molecule has 230 valence electrons. The van der Waals surface area contributed by atoms with Gasteiger partial charge < -0.3 is 20.1 Å². The largest absolute Gasteiger partial charge is 0.497 e. The number of halogens is 2. The minimum atomic E-state index is -3.49. The van der Waals surface area contributed by atoms with Crippen molar-refractivity contribution in [3.05, 3.63) is 67.3 Å². The number of methoxy groups -OCH3 is 1. The van der Waals surface area contributed by atoms with Crippen LogP contribution < -0.4 is 20.1 Å². The van der Waals surface area contributed by atoms with Gasteiger partial charge >= 0.3 is 0 Å². The molecule has 2 heterocycles. The molecule has 3 fully saturated rings. The Hall–Kier alpha value is -3.18. The number of amides is 1. The molecular weight excluding hydrogens is 613 g/mol. The molecule has 2 saturated carbocycles. The fourth-order valence-electron chi connectivity index (χ4n) is 5.59. The molecular formula is C31H35Cl2N3O6S. The van der Waals surface area contributed by atoms with Crippen molar-refractivity contribution in [2.24, 2.45) is 5.92 Å². The summed E-state index contributed by atoms with van der Waals surface area (Å²) in [5.41, 5.74) is 0.474. The van der Waals surface area contributed by atoms with E-state index in [1.54, 1.807) is 13.2 Å². The number of hydrogen-bond acceptors (Lipinski definition) is 8. The molecule has 2 aromatic carbocycles. The van der Waals surface area contributed by atoms with Crippen molar-refractivity contribution in [1.82, 2.24) is 15.6 Å². The third kappa shape index (κ3) is 6.67. The number of rotatable bonds is 11. The second kappa shape index (κ2) is 12.8. The van der Waals surface area contributed by atoms with Crippen molar-refractivity contribution in [2.45, 2.75) is 48.6 Å². The van der Waals surface area contributed by atoms with Gasteiger partial charge in [0.25, 0.3) is 0 Å². The van der Waals surface area contributed by atoms with E-state index in [0.29, 0.717) is 38.1 Å². The van der Waals surface area contributed by atoms with Crippen LogP contribution in [0.1, 0.15) is 25.7 Å². The van der Waals surface area contributed by atoms with Crippen LogP contribution in [-0.2, 0) is 19.4 Å². The van der Waals surface area contributed by atoms with E-state index in [4.69, 9.17) is 14.5 Å². The van der Waals surface area contributed by atoms with E-state index in [0.717, 1.165) is 27.8 Å². The molecule has 6 rings (SSSR count). The summed E-state index contributed by atoms with van der Waals surface area (Å²) in [6, 6.07) is 16.9. The van der Waals surface area contributed by atoms with Crippen molar-refractivity contribution >= 4 is 57.1 Å². The van der Waals surface area contributed by atoms with Gasteiger partial charge in [0.15, 0.2) is 15.6 Å². The van der Waals surface area contributed by atoms with E-state index in [9.17, 15) is 18.0 Å². The average Bonchev–Trinajstić information content (AvgIpc) is 3.90. The number of nitrogens with zero attached hydrogens (tertiary/aromatic N) is 1. The summed E-state index contributed by atoms with van der Waals surface area (Å²) in [6.07, 6.45) is 3.22. The number of pyridine rings is 1. The van der Waals surface area contributed by atoms with Gasteiger partial charge in [0.05, 0.1) is 24.1 Å². The summed E-state index contributed by atoms with van der Waals surface area (Å²) < 4.78 is 36.6. The zero-order chi connectivity index (χ0) is 28.8. The number of ether oxygens (including phenoxy) is 2. The molecule has 2 aliphatic carbocycles. The fraction of sp³-hybridized carbons (Fsp3) is 0.387. The number of hydrogen-bond donors (Lipinski definition) is 2. The lowest BCUT2D eigenvalue weighted by atomic mass is 10.1. The topological polar surface area (TPSA) is 124 Å². The number of sulfone groups is 1. The van der Waals surface area contributed by atoms with Crippen LogP contribution in [0.4, 0.5) is 0 Å². The van der Waals surface area contributed by atoms with Gasteiger partial charge in [0, 0.05) is 29.8 Å². The van der Waals surface area contributed by atoms with Gasteiger partial charge in [-0.15, -0.1) is 31.4 Å². The molecule has 0 unspecified atom stereocenters. The van der Waals surface area contributed by atoms with E-state index in [-0.39, 0.29) is 42.7 Å². The third-order valence-corrected chi connectivity index (χ3v) is 10.4. The zero-order valence-corrected chi connectivity index (χ0v) is 26.1. The molecule has 0 radical (unpaired) electrons. The van der Waals surface area contributed by atoms with Gasteiger partial charge in [0.2, 0.25) is 11.8 Å². The predicted molar refractivity (Wildman–Crippen MR) is 170 cm³/mol. The molecule has 1 aliphatic heterocycles. The highest BCUT2D eigenvalue weighted by atomic mass is 35.5. The summed E-state index contributed by atoms with van der Waals surface area (Å²) >= 11 is 0. The van der Waals surface area contributed by atoms with Crippen LogP contribution in [0.5, 0.6) is 11.6 Å². The molecule has 1 aromatic heterocycles. The Morgan fingerprint density at radius 2 is 1.86 bits per heavy atom. The van der Waals surface area contributed by atoms with Crippen LogP contribution in [-0.4, -0.2) is 67.4 Å². The summed E-state index contributed by atoms with van der Waals surface area (Å²) in [5, 5.41) is 7.50. The third-order valence-electron chi connectivity index (χ3n) is 8.28. The number of carbonyl (C=O) groups excluding carboxylic acids is 2. The Bertz CT molecular complexity index is 1630. The van der Waals surface area contributed by atoms with Crippen LogP contribution in [0.15, 0.2) is 67.3 Å². The molecule has 4 atom stereocenters. The zero-order valence-electron chi connectivity index (χ0n) is 23.7. The lowest BCUT2D eigenvalue weighted by Gasteiger charge is -2.20. The van der Waals surface area contributed by atoms with Crippen LogP contribution in [0, 0.1) is 5.92 Å². The van der Waals surface area contributed by atoms with E-state index < -0.39 is 38.2 Å². The Labute approximate surface area is 263 Å². The maximum atomic E-state index is 13.3. The van der Waals surface area contributed by atoms with Crippen LogP contribution in [0.3, 0.4) is 0 Å². The molecule has 9 nitrogen and oxygen atoms in total. The number of aromatic nitrogens is 1. The molecule has 1 amide bonds. The number of ketones is 1. The molecule has 2 N–H and O–H groups in total. The van der Waals surface area contributed by atoms with Gasteiger partial charge in [-0.05, 0) is 61.0 Å². The predicted octanol–water partition coefficient (Wildman–Crippen LogP) is 4.07. The quantitative estimate of drug-likeness (QED) is 0.299. The number of nitrogens with one attached hydrogen (secondary N) is 2. The molecule has 3 aromatic rings.